The van der Waals surface area contributed by atoms with Gasteiger partial charge in [0.25, 0.3) is 0 Å². The molecule has 1 amide bonds. The number of benzene rings is 1. The maximum atomic E-state index is 12.0. The predicted octanol–water partition coefficient (Wildman–Crippen LogP) is 2.97. The van der Waals surface area contributed by atoms with Crippen molar-refractivity contribution >= 4 is 5.91 Å². The Hall–Kier alpha value is -2.50. The molecule has 2 rings (SSSR count). The van der Waals surface area contributed by atoms with E-state index in [1.54, 1.807) is 24.5 Å². The highest BCUT2D eigenvalue weighted by molar-refractivity contribution is 5.76. The SMILES string of the molecule is O=C(CCc1ccc(OC(F)F)cc1)NCCc1cccnc1. The van der Waals surface area contributed by atoms with Crippen molar-refractivity contribution in [2.24, 2.45) is 0 Å². The molecule has 0 aliphatic carbocycles. The van der Waals surface area contributed by atoms with Gasteiger partial charge in [0.1, 0.15) is 5.75 Å². The van der Waals surface area contributed by atoms with Gasteiger partial charge in [0.15, 0.2) is 0 Å². The van der Waals surface area contributed by atoms with E-state index in [9.17, 15) is 13.6 Å². The summed E-state index contributed by atoms with van der Waals surface area (Å²) in [4.78, 5) is 15.8. The van der Waals surface area contributed by atoms with Crippen LogP contribution >= 0.6 is 0 Å². The van der Waals surface area contributed by atoms with Crippen LogP contribution in [0.5, 0.6) is 5.75 Å². The summed E-state index contributed by atoms with van der Waals surface area (Å²) in [6.45, 7) is -2.27. The standard InChI is InChI=1S/C17H18F2N2O2/c18-17(19)23-15-6-3-13(4-7-15)5-8-16(22)21-11-9-14-2-1-10-20-12-14/h1-4,6-7,10,12,17H,5,8-9,11H2,(H,21,22). The molecule has 4 nitrogen and oxygen atoms in total. The molecule has 0 aliphatic heterocycles. The van der Waals surface area contributed by atoms with Crippen molar-refractivity contribution in [1.29, 1.82) is 0 Å². The van der Waals surface area contributed by atoms with Crippen molar-refractivity contribution in [3.8, 4) is 5.75 Å². The topological polar surface area (TPSA) is 51.2 Å². The molecule has 0 atom stereocenters. The lowest BCUT2D eigenvalue weighted by molar-refractivity contribution is -0.121. The molecule has 1 N–H and O–H groups in total. The zero-order chi connectivity index (χ0) is 16.5. The first-order chi connectivity index (χ1) is 11.1. The molecule has 0 saturated heterocycles. The van der Waals surface area contributed by atoms with Gasteiger partial charge >= 0.3 is 6.61 Å². The molecule has 122 valence electrons. The number of carbonyl (C=O) groups is 1. The third-order valence-corrected chi connectivity index (χ3v) is 3.25. The van der Waals surface area contributed by atoms with Gasteiger partial charge in [0.2, 0.25) is 5.91 Å². The van der Waals surface area contributed by atoms with Gasteiger partial charge in [-0.2, -0.15) is 8.78 Å². The van der Waals surface area contributed by atoms with Crippen molar-refractivity contribution in [2.45, 2.75) is 25.9 Å². The molecule has 0 spiro atoms. The van der Waals surface area contributed by atoms with E-state index in [2.05, 4.69) is 15.0 Å². The molecule has 0 saturated carbocycles. The van der Waals surface area contributed by atoms with Gasteiger partial charge in [-0.3, -0.25) is 9.78 Å². The maximum Gasteiger partial charge on any atom is 0.387 e. The Morgan fingerprint density at radius 3 is 2.57 bits per heavy atom. The van der Waals surface area contributed by atoms with E-state index in [4.69, 9.17) is 0 Å². The first-order valence-electron chi connectivity index (χ1n) is 7.33. The number of halogens is 2. The predicted molar refractivity (Wildman–Crippen MR) is 82.3 cm³/mol. The average molecular weight is 320 g/mol. The normalized spacial score (nSPS) is 10.6. The van der Waals surface area contributed by atoms with Crippen molar-refractivity contribution < 1.29 is 18.3 Å². The summed E-state index contributed by atoms with van der Waals surface area (Å²) in [5, 5.41) is 2.85. The molecular weight excluding hydrogens is 302 g/mol. The van der Waals surface area contributed by atoms with Crippen LogP contribution in [0.25, 0.3) is 0 Å². The Morgan fingerprint density at radius 2 is 1.91 bits per heavy atom. The fourth-order valence-corrected chi connectivity index (χ4v) is 2.08. The Kier molecular flexibility index (Phi) is 6.47. The number of pyridine rings is 1. The van der Waals surface area contributed by atoms with E-state index < -0.39 is 6.61 Å². The summed E-state index contributed by atoms with van der Waals surface area (Å²) in [7, 11) is 0. The number of rotatable bonds is 8. The molecule has 0 fully saturated rings. The molecule has 23 heavy (non-hydrogen) atoms. The number of nitrogens with one attached hydrogen (secondary N) is 1. The van der Waals surface area contributed by atoms with E-state index in [0.717, 1.165) is 17.5 Å². The van der Waals surface area contributed by atoms with Gasteiger partial charge < -0.3 is 10.1 Å². The van der Waals surface area contributed by atoms with Gasteiger partial charge in [0.05, 0.1) is 0 Å². The number of amides is 1. The lowest BCUT2D eigenvalue weighted by atomic mass is 10.1. The fraction of sp³-hybridized carbons (Fsp3) is 0.294. The van der Waals surface area contributed by atoms with Crippen LogP contribution in [-0.4, -0.2) is 24.0 Å². The van der Waals surface area contributed by atoms with Crippen molar-refractivity contribution in [3.05, 3.63) is 59.9 Å². The van der Waals surface area contributed by atoms with Crippen LogP contribution in [-0.2, 0) is 17.6 Å². The molecular formula is C17H18F2N2O2. The summed E-state index contributed by atoms with van der Waals surface area (Å²) in [5.41, 5.74) is 1.97. The third kappa shape index (κ3) is 6.42. The van der Waals surface area contributed by atoms with E-state index in [-0.39, 0.29) is 11.7 Å². The largest absolute Gasteiger partial charge is 0.435 e. The van der Waals surface area contributed by atoms with Crippen molar-refractivity contribution in [2.75, 3.05) is 6.54 Å². The third-order valence-electron chi connectivity index (χ3n) is 3.25. The summed E-state index contributed by atoms with van der Waals surface area (Å²) in [6.07, 6.45) is 5.11. The first-order valence-corrected chi connectivity index (χ1v) is 7.33. The summed E-state index contributed by atoms with van der Waals surface area (Å²) in [6, 6.07) is 10.1. The molecule has 0 bridgehead atoms. The minimum Gasteiger partial charge on any atom is -0.435 e. The van der Waals surface area contributed by atoms with Crippen LogP contribution in [0.3, 0.4) is 0 Å². The second-order valence-electron chi connectivity index (χ2n) is 4.98. The van der Waals surface area contributed by atoms with Gasteiger partial charge in [-0.1, -0.05) is 18.2 Å². The van der Waals surface area contributed by atoms with Crippen LogP contribution in [0.2, 0.25) is 0 Å². The van der Waals surface area contributed by atoms with Crippen molar-refractivity contribution in [1.82, 2.24) is 10.3 Å². The maximum absolute atomic E-state index is 12.0. The molecule has 1 aromatic carbocycles. The minimum atomic E-state index is -2.83. The van der Waals surface area contributed by atoms with Gasteiger partial charge in [-0.05, 0) is 42.2 Å². The van der Waals surface area contributed by atoms with E-state index in [1.807, 2.05) is 12.1 Å². The van der Waals surface area contributed by atoms with E-state index in [0.29, 0.717) is 19.4 Å². The molecule has 0 radical (unpaired) electrons. The van der Waals surface area contributed by atoms with E-state index >= 15 is 0 Å². The minimum absolute atomic E-state index is 0.0400. The van der Waals surface area contributed by atoms with Crippen molar-refractivity contribution in [3.63, 3.8) is 0 Å². The van der Waals surface area contributed by atoms with E-state index in [1.165, 1.54) is 12.1 Å². The van der Waals surface area contributed by atoms with Gasteiger partial charge in [-0.15, -0.1) is 0 Å². The summed E-state index contributed by atoms with van der Waals surface area (Å²) < 4.78 is 28.3. The zero-order valence-corrected chi connectivity index (χ0v) is 12.5. The molecule has 1 heterocycles. The number of hydrogen-bond donors (Lipinski definition) is 1. The van der Waals surface area contributed by atoms with Gasteiger partial charge in [0, 0.05) is 25.4 Å². The second-order valence-corrected chi connectivity index (χ2v) is 4.98. The smallest absolute Gasteiger partial charge is 0.387 e. The number of ether oxygens (including phenoxy) is 1. The molecule has 0 unspecified atom stereocenters. The number of aryl methyl sites for hydroxylation is 1. The van der Waals surface area contributed by atoms with Crippen LogP contribution in [0.4, 0.5) is 8.78 Å². The fourth-order valence-electron chi connectivity index (χ4n) is 2.08. The Bertz CT molecular complexity index is 604. The lowest BCUT2D eigenvalue weighted by Crippen LogP contribution is -2.25. The molecule has 1 aromatic heterocycles. The average Bonchev–Trinajstić information content (AvgIpc) is 2.55. The Morgan fingerprint density at radius 1 is 1.13 bits per heavy atom. The number of alkyl halides is 2. The highest BCUT2D eigenvalue weighted by Crippen LogP contribution is 2.15. The summed E-state index contributed by atoms with van der Waals surface area (Å²) in [5.74, 6) is 0.0754. The van der Waals surface area contributed by atoms with Crippen LogP contribution in [0.15, 0.2) is 48.8 Å². The van der Waals surface area contributed by atoms with Crippen LogP contribution in [0.1, 0.15) is 17.5 Å². The van der Waals surface area contributed by atoms with Crippen LogP contribution in [0, 0.1) is 0 Å². The monoisotopic (exact) mass is 320 g/mol. The number of hydrogen-bond acceptors (Lipinski definition) is 3. The zero-order valence-electron chi connectivity index (χ0n) is 12.5. The number of aromatic nitrogens is 1. The molecule has 2 aromatic rings. The summed E-state index contributed by atoms with van der Waals surface area (Å²) >= 11 is 0. The highest BCUT2D eigenvalue weighted by atomic mass is 19.3. The van der Waals surface area contributed by atoms with Gasteiger partial charge in [-0.25, -0.2) is 0 Å². The Balaban J connectivity index is 1.67. The molecule has 6 heteroatoms. The highest BCUT2D eigenvalue weighted by Gasteiger charge is 2.05. The quantitative estimate of drug-likeness (QED) is 0.813. The first kappa shape index (κ1) is 16.9. The second kappa shape index (κ2) is 8.82. The van der Waals surface area contributed by atoms with Crippen LogP contribution < -0.4 is 10.1 Å². The number of carbonyl (C=O) groups excluding carboxylic acids is 1. The number of nitrogens with zero attached hydrogens (tertiary/aromatic N) is 1. The lowest BCUT2D eigenvalue weighted by Gasteiger charge is -2.07. The molecule has 0 aliphatic rings. The Labute approximate surface area is 133 Å².